The minimum absolute atomic E-state index is 1.06. The first-order chi connectivity index (χ1) is 22.1. The Morgan fingerprint density at radius 1 is 0.733 bits per heavy atom. The maximum Gasteiger partial charge on any atom is 0.0552 e. The van der Waals surface area contributed by atoms with Crippen molar-refractivity contribution in [2.24, 2.45) is 0 Å². The van der Waals surface area contributed by atoms with Crippen LogP contribution in [0.15, 0.2) is 157 Å². The smallest absolute Gasteiger partial charge is 0.0552 e. The molecule has 0 fully saturated rings. The Labute approximate surface area is 278 Å². The van der Waals surface area contributed by atoms with Gasteiger partial charge in [-0.15, -0.1) is 11.3 Å². The van der Waals surface area contributed by atoms with E-state index in [9.17, 15) is 0 Å². The Hall–Kier alpha value is -4.64. The first kappa shape index (κ1) is 31.8. The summed E-state index contributed by atoms with van der Waals surface area (Å²) in [6.45, 7) is 9.97. The number of benzene rings is 4. The van der Waals surface area contributed by atoms with Gasteiger partial charge in [-0.05, 0) is 87.0 Å². The zero-order valence-corrected chi connectivity index (χ0v) is 28.3. The normalized spacial score (nSPS) is 12.7. The number of rotatable bonds is 8. The number of hydrogen-bond donors (Lipinski definition) is 1. The highest BCUT2D eigenvalue weighted by molar-refractivity contribution is 9.10. The lowest BCUT2D eigenvalue weighted by atomic mass is 10.1. The van der Waals surface area contributed by atoms with Gasteiger partial charge in [0, 0.05) is 53.0 Å². The molecule has 0 aliphatic rings. The van der Waals surface area contributed by atoms with Crippen molar-refractivity contribution < 1.29 is 0 Å². The number of anilines is 1. The minimum Gasteiger partial charge on any atom is -0.362 e. The van der Waals surface area contributed by atoms with E-state index in [4.69, 9.17) is 0 Å². The fourth-order valence-corrected chi connectivity index (χ4v) is 6.63. The van der Waals surface area contributed by atoms with Crippen molar-refractivity contribution in [3.05, 3.63) is 162 Å². The Morgan fingerprint density at radius 2 is 1.47 bits per heavy atom. The number of aromatic nitrogens is 1. The fraction of sp³-hybridized carbons (Fsp3) is 0.0732. The largest absolute Gasteiger partial charge is 0.362 e. The molecule has 6 rings (SSSR count). The van der Waals surface area contributed by atoms with Gasteiger partial charge in [-0.1, -0.05) is 108 Å². The molecule has 0 bridgehead atoms. The molecule has 6 aromatic rings. The summed E-state index contributed by atoms with van der Waals surface area (Å²) in [5.74, 6) is 0. The van der Waals surface area contributed by atoms with Gasteiger partial charge in [0.25, 0.3) is 0 Å². The second kappa shape index (κ2) is 15.4. The molecule has 4 heteroatoms. The highest BCUT2D eigenvalue weighted by Crippen LogP contribution is 2.36. The third-order valence-corrected chi connectivity index (χ3v) is 8.96. The van der Waals surface area contributed by atoms with E-state index in [0.29, 0.717) is 0 Å². The van der Waals surface area contributed by atoms with E-state index in [1.807, 2.05) is 80.8 Å². The van der Waals surface area contributed by atoms with Crippen LogP contribution in [-0.2, 0) is 0 Å². The summed E-state index contributed by atoms with van der Waals surface area (Å²) in [5, 5.41) is 8.45. The van der Waals surface area contributed by atoms with Gasteiger partial charge in [0.05, 0.1) is 11.0 Å². The average Bonchev–Trinajstić information content (AvgIpc) is 3.58. The molecular formula is C41H37BrN2S. The first-order valence-electron chi connectivity index (χ1n) is 15.0. The van der Waals surface area contributed by atoms with E-state index in [2.05, 4.69) is 136 Å². The lowest BCUT2D eigenvalue weighted by Crippen LogP contribution is -1.94. The Kier molecular flexibility index (Phi) is 10.9. The molecule has 0 saturated heterocycles. The van der Waals surface area contributed by atoms with Crippen LogP contribution >= 0.6 is 27.3 Å². The van der Waals surface area contributed by atoms with Crippen LogP contribution in [0.1, 0.15) is 26.3 Å². The van der Waals surface area contributed by atoms with Crippen molar-refractivity contribution >= 4 is 86.7 Å². The maximum atomic E-state index is 3.94. The van der Waals surface area contributed by atoms with Gasteiger partial charge in [0.15, 0.2) is 0 Å². The molecule has 0 radical (unpaired) electrons. The minimum atomic E-state index is 1.06. The Morgan fingerprint density at radius 3 is 2.24 bits per heavy atom. The first-order valence-corrected chi connectivity index (χ1v) is 16.6. The molecule has 0 spiro atoms. The second-order valence-corrected chi connectivity index (χ2v) is 12.3. The van der Waals surface area contributed by atoms with Crippen molar-refractivity contribution in [2.75, 3.05) is 5.32 Å². The molecule has 2 nitrogen and oxygen atoms in total. The molecule has 2 aromatic heterocycles. The molecule has 0 aliphatic heterocycles. The summed E-state index contributed by atoms with van der Waals surface area (Å²) < 4.78 is 5.99. The molecule has 2 heterocycles. The van der Waals surface area contributed by atoms with E-state index < -0.39 is 0 Å². The van der Waals surface area contributed by atoms with E-state index in [-0.39, 0.29) is 0 Å². The van der Waals surface area contributed by atoms with Gasteiger partial charge >= 0.3 is 0 Å². The van der Waals surface area contributed by atoms with Crippen LogP contribution in [0.25, 0.3) is 53.8 Å². The molecular weight excluding hydrogens is 632 g/mol. The van der Waals surface area contributed by atoms with Crippen LogP contribution in [0, 0.1) is 0 Å². The molecule has 0 atom stereocenters. The molecule has 0 amide bonds. The lowest BCUT2D eigenvalue weighted by molar-refractivity contribution is 1.23. The van der Waals surface area contributed by atoms with Crippen LogP contribution in [0.2, 0.25) is 0 Å². The monoisotopic (exact) mass is 668 g/mol. The van der Waals surface area contributed by atoms with Crippen molar-refractivity contribution in [3.8, 4) is 0 Å². The van der Waals surface area contributed by atoms with Gasteiger partial charge in [-0.3, -0.25) is 0 Å². The van der Waals surface area contributed by atoms with E-state index >= 15 is 0 Å². The Bertz CT molecular complexity index is 2140. The average molecular weight is 670 g/mol. The number of thiophene rings is 1. The highest BCUT2D eigenvalue weighted by atomic mass is 79.9. The summed E-state index contributed by atoms with van der Waals surface area (Å²) >= 11 is 5.49. The van der Waals surface area contributed by atoms with Crippen molar-refractivity contribution in [2.45, 2.75) is 20.8 Å². The predicted molar refractivity (Wildman–Crippen MR) is 207 cm³/mol. The van der Waals surface area contributed by atoms with Gasteiger partial charge in [-0.2, -0.15) is 0 Å². The third kappa shape index (κ3) is 7.37. The summed E-state index contributed by atoms with van der Waals surface area (Å²) in [4.78, 5) is 0. The molecule has 224 valence electrons. The second-order valence-electron chi connectivity index (χ2n) is 10.3. The fourth-order valence-electron chi connectivity index (χ4n) is 5.20. The highest BCUT2D eigenvalue weighted by Gasteiger charge is 2.13. The summed E-state index contributed by atoms with van der Waals surface area (Å²) in [6.07, 6.45) is 24.3. The molecule has 0 saturated carbocycles. The van der Waals surface area contributed by atoms with Crippen LogP contribution < -0.4 is 5.32 Å². The predicted octanol–water partition coefficient (Wildman–Crippen LogP) is 13.3. The van der Waals surface area contributed by atoms with Crippen molar-refractivity contribution in [3.63, 3.8) is 0 Å². The standard InChI is InChI=1S/C37H29BrN2S.C4H8/c1-3-11-29(12-4-2)40-34-23-26(16-19-30(34)31-20-17-27(38)24-35(31)40)13-7-5-6-10-22-39-28-18-21-37-33(25-28)32-14-8-9-15-36(32)41-37;1-3-4-2/h3-25,39H,1H2,2H3;3-4H,1-2H3/b6-5-,12-4-,13-7-,22-10+,29-11+;4-3-. The lowest BCUT2D eigenvalue weighted by Gasteiger charge is -2.09. The number of allylic oxidation sites excluding steroid dienone is 11. The van der Waals surface area contributed by atoms with Crippen LogP contribution in [0.4, 0.5) is 5.69 Å². The number of nitrogens with zero attached hydrogens (tertiary/aromatic N) is 1. The van der Waals surface area contributed by atoms with E-state index in [0.717, 1.165) is 32.5 Å². The summed E-state index contributed by atoms with van der Waals surface area (Å²) in [7, 11) is 0. The van der Waals surface area contributed by atoms with Crippen LogP contribution in [0.5, 0.6) is 0 Å². The van der Waals surface area contributed by atoms with E-state index in [1.54, 1.807) is 0 Å². The number of hydrogen-bond acceptors (Lipinski definition) is 2. The molecule has 0 aliphatic carbocycles. The SMILES string of the molecule is C/C=C\C.C=C/C=C(\C=C/C)n1c2cc(Br)ccc2c2ccc(\C=C/C=C\C=C\Nc3ccc4sc5ccccc5c4c3)cc21. The molecule has 0 unspecified atom stereocenters. The van der Waals surface area contributed by atoms with E-state index in [1.165, 1.54) is 30.9 Å². The van der Waals surface area contributed by atoms with Crippen molar-refractivity contribution in [1.82, 2.24) is 4.57 Å². The van der Waals surface area contributed by atoms with Gasteiger partial charge in [-0.25, -0.2) is 0 Å². The third-order valence-electron chi connectivity index (χ3n) is 7.32. The number of fused-ring (bicyclic) bond motifs is 6. The Balaban J connectivity index is 0.000000945. The maximum absolute atomic E-state index is 3.94. The van der Waals surface area contributed by atoms with Crippen LogP contribution in [-0.4, -0.2) is 4.57 Å². The topological polar surface area (TPSA) is 17.0 Å². The molecule has 4 aromatic carbocycles. The quantitative estimate of drug-likeness (QED) is 0.126. The number of halogens is 1. The summed E-state index contributed by atoms with van der Waals surface area (Å²) in [6, 6.07) is 28.2. The summed E-state index contributed by atoms with van der Waals surface area (Å²) in [5.41, 5.74) is 5.62. The van der Waals surface area contributed by atoms with Crippen molar-refractivity contribution in [1.29, 1.82) is 0 Å². The molecule has 45 heavy (non-hydrogen) atoms. The van der Waals surface area contributed by atoms with Gasteiger partial charge in [0.2, 0.25) is 0 Å². The van der Waals surface area contributed by atoms with Gasteiger partial charge < -0.3 is 9.88 Å². The molecule has 1 N–H and O–H groups in total. The number of nitrogens with one attached hydrogen (secondary N) is 1. The van der Waals surface area contributed by atoms with Gasteiger partial charge in [0.1, 0.15) is 0 Å². The zero-order valence-electron chi connectivity index (χ0n) is 25.9. The van der Waals surface area contributed by atoms with Crippen LogP contribution in [0.3, 0.4) is 0 Å². The zero-order chi connectivity index (χ0) is 31.6.